The molecular formula is C17H15N3O4S. The molecule has 1 heterocycles. The molecule has 7 nitrogen and oxygen atoms in total. The Morgan fingerprint density at radius 3 is 2.36 bits per heavy atom. The van der Waals surface area contributed by atoms with E-state index < -0.39 is 15.8 Å². The van der Waals surface area contributed by atoms with Gasteiger partial charge < -0.3 is 5.11 Å². The second kappa shape index (κ2) is 6.14. The highest BCUT2D eigenvalue weighted by Crippen LogP contribution is 2.26. The molecule has 25 heavy (non-hydrogen) atoms. The third kappa shape index (κ3) is 3.29. The lowest BCUT2D eigenvalue weighted by Gasteiger charge is -2.09. The van der Waals surface area contributed by atoms with Gasteiger partial charge in [0.2, 0.25) is 0 Å². The van der Waals surface area contributed by atoms with Gasteiger partial charge >= 0.3 is 5.97 Å². The predicted molar refractivity (Wildman–Crippen MR) is 91.6 cm³/mol. The third-order valence-electron chi connectivity index (χ3n) is 3.67. The van der Waals surface area contributed by atoms with E-state index in [-0.39, 0.29) is 10.6 Å². The molecule has 1 N–H and O–H groups in total. The minimum atomic E-state index is -3.32. The number of nitrogens with zero attached hydrogens (tertiary/aromatic N) is 3. The zero-order valence-electron chi connectivity index (χ0n) is 13.5. The van der Waals surface area contributed by atoms with E-state index in [4.69, 9.17) is 0 Å². The van der Waals surface area contributed by atoms with Gasteiger partial charge in [0, 0.05) is 11.8 Å². The Bertz CT molecular complexity index is 1050. The van der Waals surface area contributed by atoms with E-state index in [1.165, 1.54) is 16.8 Å². The molecule has 0 saturated carbocycles. The Hall–Kier alpha value is -3.00. The van der Waals surface area contributed by atoms with Crippen molar-refractivity contribution in [3.8, 4) is 16.9 Å². The van der Waals surface area contributed by atoms with E-state index >= 15 is 0 Å². The van der Waals surface area contributed by atoms with Crippen molar-refractivity contribution in [2.45, 2.75) is 11.8 Å². The number of aryl methyl sites for hydroxylation is 1. The number of benzene rings is 2. The van der Waals surface area contributed by atoms with Crippen molar-refractivity contribution in [3.63, 3.8) is 0 Å². The molecule has 0 atom stereocenters. The molecule has 0 saturated heterocycles. The highest BCUT2D eigenvalue weighted by atomic mass is 32.2. The second-order valence-electron chi connectivity index (χ2n) is 5.64. The molecule has 8 heteroatoms. The van der Waals surface area contributed by atoms with Crippen molar-refractivity contribution in [3.05, 3.63) is 59.8 Å². The van der Waals surface area contributed by atoms with Gasteiger partial charge in [0.1, 0.15) is 5.69 Å². The number of carbonyl (C=O) groups is 1. The first kappa shape index (κ1) is 16.8. The van der Waals surface area contributed by atoms with E-state index in [1.54, 1.807) is 18.2 Å². The summed E-state index contributed by atoms with van der Waals surface area (Å²) in [6, 6.07) is 13.4. The molecule has 0 aliphatic rings. The number of aromatic carboxylic acids is 1. The summed E-state index contributed by atoms with van der Waals surface area (Å²) in [4.78, 5) is 11.7. The maximum atomic E-state index is 11.6. The summed E-state index contributed by atoms with van der Waals surface area (Å²) in [5, 5.41) is 17.1. The highest BCUT2D eigenvalue weighted by Gasteiger charge is 2.21. The van der Waals surface area contributed by atoms with E-state index in [2.05, 4.69) is 10.3 Å². The van der Waals surface area contributed by atoms with Crippen LogP contribution in [0.2, 0.25) is 0 Å². The minimum Gasteiger partial charge on any atom is -0.476 e. The minimum absolute atomic E-state index is 0.169. The summed E-state index contributed by atoms with van der Waals surface area (Å²) >= 11 is 0. The normalized spacial score (nSPS) is 11.4. The van der Waals surface area contributed by atoms with Crippen molar-refractivity contribution in [1.82, 2.24) is 15.0 Å². The van der Waals surface area contributed by atoms with Crippen LogP contribution in [0.1, 0.15) is 16.1 Å². The molecule has 3 rings (SSSR count). The van der Waals surface area contributed by atoms with Gasteiger partial charge in [-0.25, -0.2) is 17.9 Å². The van der Waals surface area contributed by atoms with Crippen molar-refractivity contribution < 1.29 is 18.3 Å². The van der Waals surface area contributed by atoms with Gasteiger partial charge in [-0.1, -0.05) is 29.0 Å². The first-order chi connectivity index (χ1) is 11.8. The SMILES string of the molecule is Cc1cccc(-c2c(C(=O)O)nnn2-c2ccc(S(C)(=O)=O)cc2)c1. The molecule has 0 unspecified atom stereocenters. The fourth-order valence-electron chi connectivity index (χ4n) is 2.49. The van der Waals surface area contributed by atoms with Crippen LogP contribution in [-0.4, -0.2) is 40.7 Å². The number of carboxylic acid groups (broad SMARTS) is 1. The van der Waals surface area contributed by atoms with Gasteiger partial charge in [0.25, 0.3) is 0 Å². The standard InChI is InChI=1S/C17H15N3O4S/c1-11-4-3-5-12(10-11)16-15(17(21)22)18-19-20(16)13-6-8-14(9-7-13)25(2,23)24/h3-10H,1-2H3,(H,21,22). The summed E-state index contributed by atoms with van der Waals surface area (Å²) in [6.07, 6.45) is 1.12. The summed E-state index contributed by atoms with van der Waals surface area (Å²) in [7, 11) is -3.32. The number of aromatic nitrogens is 3. The van der Waals surface area contributed by atoms with Crippen LogP contribution in [0.15, 0.2) is 53.4 Å². The van der Waals surface area contributed by atoms with Crippen LogP contribution in [0.25, 0.3) is 16.9 Å². The molecule has 2 aromatic carbocycles. The molecule has 0 amide bonds. The van der Waals surface area contributed by atoms with E-state index in [1.807, 2.05) is 25.1 Å². The van der Waals surface area contributed by atoms with Crippen molar-refractivity contribution in [2.75, 3.05) is 6.26 Å². The van der Waals surface area contributed by atoms with Crippen LogP contribution in [0.5, 0.6) is 0 Å². The Morgan fingerprint density at radius 1 is 1.12 bits per heavy atom. The molecule has 0 fully saturated rings. The Morgan fingerprint density at radius 2 is 1.80 bits per heavy atom. The lowest BCUT2D eigenvalue weighted by atomic mass is 10.1. The summed E-state index contributed by atoms with van der Waals surface area (Å²) in [5.74, 6) is -1.18. The quantitative estimate of drug-likeness (QED) is 0.769. The Balaban J connectivity index is 2.19. The zero-order valence-corrected chi connectivity index (χ0v) is 14.4. The van der Waals surface area contributed by atoms with Crippen LogP contribution in [0.4, 0.5) is 0 Å². The molecule has 128 valence electrons. The van der Waals surface area contributed by atoms with Gasteiger partial charge in [-0.3, -0.25) is 0 Å². The van der Waals surface area contributed by atoms with Crippen molar-refractivity contribution in [2.24, 2.45) is 0 Å². The summed E-state index contributed by atoms with van der Waals surface area (Å²) in [6.45, 7) is 1.90. The first-order valence-electron chi connectivity index (χ1n) is 7.34. The van der Waals surface area contributed by atoms with Gasteiger partial charge in [0.05, 0.1) is 10.6 Å². The van der Waals surface area contributed by atoms with Gasteiger partial charge in [0.15, 0.2) is 15.5 Å². The lowest BCUT2D eigenvalue weighted by Crippen LogP contribution is -2.04. The average molecular weight is 357 g/mol. The smallest absolute Gasteiger partial charge is 0.358 e. The van der Waals surface area contributed by atoms with Gasteiger partial charge in [-0.15, -0.1) is 5.10 Å². The van der Waals surface area contributed by atoms with E-state index in [9.17, 15) is 18.3 Å². The molecule has 0 bridgehead atoms. The first-order valence-corrected chi connectivity index (χ1v) is 9.23. The topological polar surface area (TPSA) is 102 Å². The van der Waals surface area contributed by atoms with E-state index in [0.717, 1.165) is 11.8 Å². The van der Waals surface area contributed by atoms with Crippen molar-refractivity contribution in [1.29, 1.82) is 0 Å². The fraction of sp³-hybridized carbons (Fsp3) is 0.118. The molecule has 0 aliphatic carbocycles. The zero-order chi connectivity index (χ0) is 18.2. The fourth-order valence-corrected chi connectivity index (χ4v) is 3.12. The predicted octanol–water partition coefficient (Wildman–Crippen LogP) is 2.34. The average Bonchev–Trinajstić information content (AvgIpc) is 2.99. The highest BCUT2D eigenvalue weighted by molar-refractivity contribution is 7.90. The van der Waals surface area contributed by atoms with Crippen LogP contribution >= 0.6 is 0 Å². The molecule has 0 radical (unpaired) electrons. The molecular weight excluding hydrogens is 342 g/mol. The molecule has 0 aliphatic heterocycles. The maximum Gasteiger partial charge on any atom is 0.358 e. The van der Waals surface area contributed by atoms with Crippen molar-refractivity contribution >= 4 is 15.8 Å². The number of sulfone groups is 1. The summed E-state index contributed by atoms with van der Waals surface area (Å²) < 4.78 is 24.6. The van der Waals surface area contributed by atoms with Crippen LogP contribution in [0, 0.1) is 6.92 Å². The van der Waals surface area contributed by atoms with E-state index in [0.29, 0.717) is 16.9 Å². The largest absolute Gasteiger partial charge is 0.476 e. The Labute approximate surface area is 144 Å². The Kier molecular flexibility index (Phi) is 4.13. The van der Waals surface area contributed by atoms with Crippen LogP contribution < -0.4 is 0 Å². The molecule has 0 spiro atoms. The number of carboxylic acids is 1. The molecule has 1 aromatic heterocycles. The van der Waals surface area contributed by atoms with Gasteiger partial charge in [-0.05, 0) is 37.3 Å². The number of hydrogen-bond acceptors (Lipinski definition) is 5. The third-order valence-corrected chi connectivity index (χ3v) is 4.80. The second-order valence-corrected chi connectivity index (χ2v) is 7.65. The number of hydrogen-bond donors (Lipinski definition) is 1. The maximum absolute atomic E-state index is 11.6. The van der Waals surface area contributed by atoms with Crippen LogP contribution in [0.3, 0.4) is 0 Å². The van der Waals surface area contributed by atoms with Gasteiger partial charge in [-0.2, -0.15) is 0 Å². The monoisotopic (exact) mass is 357 g/mol. The molecule has 3 aromatic rings. The number of rotatable bonds is 4. The summed E-state index contributed by atoms with van der Waals surface area (Å²) in [5.41, 5.74) is 2.31. The van der Waals surface area contributed by atoms with Crippen LogP contribution in [-0.2, 0) is 9.84 Å². The lowest BCUT2D eigenvalue weighted by molar-refractivity contribution is 0.0691.